The molecule has 1 heterocycles. The molecule has 124 valence electrons. The molecule has 0 radical (unpaired) electrons. The van der Waals surface area contributed by atoms with E-state index < -0.39 is 0 Å². The van der Waals surface area contributed by atoms with Crippen LogP contribution in [0.3, 0.4) is 0 Å². The van der Waals surface area contributed by atoms with E-state index >= 15 is 0 Å². The molecule has 2 atom stereocenters. The highest BCUT2D eigenvalue weighted by atomic mass is 16.3. The maximum Gasteiger partial charge on any atom is 0.0683 e. The number of β-amino-alcohol motifs (C(OH)–C–C–N with tert-alkyl or cyclic N) is 1. The molecule has 0 aromatic heterocycles. The van der Waals surface area contributed by atoms with Crippen LogP contribution in [0.1, 0.15) is 12.0 Å². The van der Waals surface area contributed by atoms with Gasteiger partial charge < -0.3 is 15.3 Å². The second-order valence-electron chi connectivity index (χ2n) is 5.72. The number of likely N-dealkylation sites (tertiary alicyclic amines) is 1. The lowest BCUT2D eigenvalue weighted by Crippen LogP contribution is -2.31. The third-order valence-corrected chi connectivity index (χ3v) is 4.16. The first kappa shape index (κ1) is 17.6. The van der Waals surface area contributed by atoms with Gasteiger partial charge in [-0.05, 0) is 23.1 Å². The zero-order chi connectivity index (χ0) is 16.7. The number of rotatable bonds is 4. The molecule has 0 spiro atoms. The number of aliphatic hydroxyl groups is 3. The molecular weight excluding hydrogens is 290 g/mol. The Morgan fingerprint density at radius 2 is 1.57 bits per heavy atom. The fourth-order valence-corrected chi connectivity index (χ4v) is 3.01. The van der Waals surface area contributed by atoms with E-state index in [4.69, 9.17) is 5.11 Å². The normalized spacial score (nSPS) is 20.9. The van der Waals surface area contributed by atoms with Crippen LogP contribution in [0.2, 0.25) is 0 Å². The Labute approximate surface area is 137 Å². The molecule has 0 amide bonds. The van der Waals surface area contributed by atoms with E-state index in [1.54, 1.807) is 0 Å². The largest absolute Gasteiger partial charge is 0.400 e. The zero-order valence-corrected chi connectivity index (χ0v) is 13.5. The SMILES string of the molecule is CO.OCC1CC(O)CN1Cc1ccc(-c2ccccc2)cc1. The maximum atomic E-state index is 9.72. The molecule has 0 aliphatic carbocycles. The van der Waals surface area contributed by atoms with Crippen LogP contribution in [0.15, 0.2) is 54.6 Å². The second-order valence-corrected chi connectivity index (χ2v) is 5.72. The summed E-state index contributed by atoms with van der Waals surface area (Å²) in [6.07, 6.45) is 0.351. The molecule has 2 aromatic carbocycles. The summed E-state index contributed by atoms with van der Waals surface area (Å²) in [5, 5.41) is 26.1. The Bertz CT molecular complexity index is 571. The molecule has 0 bridgehead atoms. The van der Waals surface area contributed by atoms with E-state index in [1.165, 1.54) is 16.7 Å². The van der Waals surface area contributed by atoms with E-state index in [-0.39, 0.29) is 18.8 Å². The van der Waals surface area contributed by atoms with Gasteiger partial charge >= 0.3 is 0 Å². The minimum atomic E-state index is -0.314. The van der Waals surface area contributed by atoms with Crippen LogP contribution >= 0.6 is 0 Å². The molecule has 4 heteroatoms. The number of benzene rings is 2. The van der Waals surface area contributed by atoms with Gasteiger partial charge in [0.2, 0.25) is 0 Å². The van der Waals surface area contributed by atoms with Gasteiger partial charge in [-0.3, -0.25) is 4.90 Å². The summed E-state index contributed by atoms with van der Waals surface area (Å²) in [5.41, 5.74) is 3.63. The minimum Gasteiger partial charge on any atom is -0.400 e. The monoisotopic (exact) mass is 315 g/mol. The highest BCUT2D eigenvalue weighted by molar-refractivity contribution is 5.63. The van der Waals surface area contributed by atoms with Gasteiger partial charge in [0, 0.05) is 26.2 Å². The fraction of sp³-hybridized carbons (Fsp3) is 0.368. The van der Waals surface area contributed by atoms with Crippen molar-refractivity contribution in [2.75, 3.05) is 20.3 Å². The van der Waals surface area contributed by atoms with Crippen molar-refractivity contribution in [2.45, 2.75) is 25.1 Å². The summed E-state index contributed by atoms with van der Waals surface area (Å²) < 4.78 is 0. The van der Waals surface area contributed by atoms with Gasteiger partial charge in [-0.1, -0.05) is 54.6 Å². The Hall–Kier alpha value is -1.72. The van der Waals surface area contributed by atoms with Crippen LogP contribution in [0, 0.1) is 0 Å². The Morgan fingerprint density at radius 1 is 0.957 bits per heavy atom. The predicted octanol–water partition coefficient (Wildman–Crippen LogP) is 1.89. The van der Waals surface area contributed by atoms with Gasteiger partial charge in [-0.15, -0.1) is 0 Å². The van der Waals surface area contributed by atoms with Gasteiger partial charge in [0.25, 0.3) is 0 Å². The summed E-state index contributed by atoms with van der Waals surface area (Å²) in [5.74, 6) is 0. The quantitative estimate of drug-likeness (QED) is 0.806. The first-order valence-corrected chi connectivity index (χ1v) is 7.88. The van der Waals surface area contributed by atoms with Crippen LogP contribution in [-0.2, 0) is 6.54 Å². The number of nitrogens with zero attached hydrogens (tertiary/aromatic N) is 1. The average Bonchev–Trinajstić information content (AvgIpc) is 2.97. The van der Waals surface area contributed by atoms with Crippen LogP contribution in [0.25, 0.3) is 11.1 Å². The lowest BCUT2D eigenvalue weighted by Gasteiger charge is -2.22. The summed E-state index contributed by atoms with van der Waals surface area (Å²) in [4.78, 5) is 2.15. The van der Waals surface area contributed by atoms with Crippen molar-refractivity contribution in [3.8, 4) is 11.1 Å². The molecule has 1 saturated heterocycles. The van der Waals surface area contributed by atoms with Crippen LogP contribution < -0.4 is 0 Å². The van der Waals surface area contributed by atoms with Crippen LogP contribution in [-0.4, -0.2) is 52.6 Å². The third-order valence-electron chi connectivity index (χ3n) is 4.16. The molecular formula is C19H25NO3. The number of hydrogen-bond acceptors (Lipinski definition) is 4. The van der Waals surface area contributed by atoms with E-state index in [0.29, 0.717) is 13.0 Å². The molecule has 3 rings (SSSR count). The van der Waals surface area contributed by atoms with Gasteiger partial charge in [0.05, 0.1) is 12.7 Å². The molecule has 1 aliphatic rings. The topological polar surface area (TPSA) is 63.9 Å². The molecule has 23 heavy (non-hydrogen) atoms. The molecule has 0 saturated carbocycles. The van der Waals surface area contributed by atoms with Crippen molar-refractivity contribution < 1.29 is 15.3 Å². The lowest BCUT2D eigenvalue weighted by atomic mass is 10.0. The van der Waals surface area contributed by atoms with Gasteiger partial charge in [-0.25, -0.2) is 0 Å². The first-order valence-electron chi connectivity index (χ1n) is 7.88. The minimum absolute atomic E-state index is 0.0776. The standard InChI is InChI=1S/C18H21NO2.CH4O/c20-13-17-10-18(21)12-19(17)11-14-6-8-16(9-7-14)15-4-2-1-3-5-15;1-2/h1-9,17-18,20-21H,10-13H2;2H,1H3. The molecule has 1 fully saturated rings. The molecule has 3 N–H and O–H groups in total. The molecule has 2 unspecified atom stereocenters. The van der Waals surface area contributed by atoms with Crippen molar-refractivity contribution in [1.29, 1.82) is 0 Å². The zero-order valence-electron chi connectivity index (χ0n) is 13.5. The highest BCUT2D eigenvalue weighted by Gasteiger charge is 2.29. The van der Waals surface area contributed by atoms with Gasteiger partial charge in [0.15, 0.2) is 0 Å². The van der Waals surface area contributed by atoms with Crippen LogP contribution in [0.4, 0.5) is 0 Å². The van der Waals surface area contributed by atoms with Gasteiger partial charge in [-0.2, -0.15) is 0 Å². The summed E-state index contributed by atoms with van der Waals surface area (Å²) in [7, 11) is 1.00. The molecule has 4 nitrogen and oxygen atoms in total. The van der Waals surface area contributed by atoms with Crippen molar-refractivity contribution in [3.63, 3.8) is 0 Å². The summed E-state index contributed by atoms with van der Waals surface area (Å²) in [6, 6.07) is 18.9. The summed E-state index contributed by atoms with van der Waals surface area (Å²) in [6.45, 7) is 1.53. The number of hydrogen-bond donors (Lipinski definition) is 3. The van der Waals surface area contributed by atoms with E-state index in [0.717, 1.165) is 13.7 Å². The van der Waals surface area contributed by atoms with E-state index in [1.807, 2.05) is 18.2 Å². The van der Waals surface area contributed by atoms with E-state index in [2.05, 4.69) is 41.3 Å². The third kappa shape index (κ3) is 4.62. The molecule has 1 aliphatic heterocycles. The Balaban J connectivity index is 0.000000924. The maximum absolute atomic E-state index is 9.72. The smallest absolute Gasteiger partial charge is 0.0683 e. The average molecular weight is 315 g/mol. The first-order chi connectivity index (χ1) is 11.3. The Morgan fingerprint density at radius 3 is 2.17 bits per heavy atom. The Kier molecular flexibility index (Phi) is 6.74. The highest BCUT2D eigenvalue weighted by Crippen LogP contribution is 2.23. The second kappa shape index (κ2) is 8.79. The molecule has 2 aromatic rings. The van der Waals surface area contributed by atoms with Crippen molar-refractivity contribution >= 4 is 0 Å². The van der Waals surface area contributed by atoms with Crippen molar-refractivity contribution in [2.24, 2.45) is 0 Å². The summed E-state index contributed by atoms with van der Waals surface area (Å²) >= 11 is 0. The predicted molar refractivity (Wildman–Crippen MR) is 91.9 cm³/mol. The van der Waals surface area contributed by atoms with Gasteiger partial charge in [0.1, 0.15) is 0 Å². The van der Waals surface area contributed by atoms with Crippen LogP contribution in [0.5, 0.6) is 0 Å². The number of aliphatic hydroxyl groups excluding tert-OH is 3. The lowest BCUT2D eigenvalue weighted by molar-refractivity contribution is 0.150. The van der Waals surface area contributed by atoms with Crippen molar-refractivity contribution in [3.05, 3.63) is 60.2 Å². The van der Waals surface area contributed by atoms with Crippen molar-refractivity contribution in [1.82, 2.24) is 4.90 Å². The fourth-order valence-electron chi connectivity index (χ4n) is 3.01. The van der Waals surface area contributed by atoms with E-state index in [9.17, 15) is 10.2 Å².